The molecule has 0 N–H and O–H groups in total. The Labute approximate surface area is 140 Å². The lowest BCUT2D eigenvalue weighted by Gasteiger charge is -2.20. The van der Waals surface area contributed by atoms with Crippen LogP contribution in [0.1, 0.15) is 24.5 Å². The highest BCUT2D eigenvalue weighted by Crippen LogP contribution is 2.34. The van der Waals surface area contributed by atoms with Crippen molar-refractivity contribution in [3.63, 3.8) is 0 Å². The minimum absolute atomic E-state index is 0.344. The highest BCUT2D eigenvalue weighted by Gasteiger charge is 2.18. The Morgan fingerprint density at radius 3 is 2.96 bits per heavy atom. The Kier molecular flexibility index (Phi) is 5.11. The predicted molar refractivity (Wildman–Crippen MR) is 89.7 cm³/mol. The first-order valence-electron chi connectivity index (χ1n) is 7.93. The van der Waals surface area contributed by atoms with Gasteiger partial charge in [0, 0.05) is 24.1 Å². The van der Waals surface area contributed by atoms with Gasteiger partial charge < -0.3 is 14.2 Å². The van der Waals surface area contributed by atoms with Gasteiger partial charge in [0.15, 0.2) is 0 Å². The van der Waals surface area contributed by atoms with Gasteiger partial charge in [-0.25, -0.2) is 9.78 Å². The van der Waals surface area contributed by atoms with Crippen molar-refractivity contribution in [1.29, 1.82) is 0 Å². The van der Waals surface area contributed by atoms with Crippen LogP contribution in [0.5, 0.6) is 11.6 Å². The van der Waals surface area contributed by atoms with E-state index in [-0.39, 0.29) is 5.97 Å². The summed E-state index contributed by atoms with van der Waals surface area (Å²) < 4.78 is 16.3. The molecule has 2 aromatic rings. The van der Waals surface area contributed by atoms with E-state index in [1.54, 1.807) is 13.1 Å². The summed E-state index contributed by atoms with van der Waals surface area (Å²) in [6.07, 6.45) is 3.80. The average molecular weight is 325 g/mol. The molecule has 0 unspecified atom stereocenters. The van der Waals surface area contributed by atoms with Crippen LogP contribution in [-0.4, -0.2) is 24.2 Å². The second-order valence-corrected chi connectivity index (χ2v) is 5.31. The molecule has 124 valence electrons. The van der Waals surface area contributed by atoms with Gasteiger partial charge in [0.2, 0.25) is 5.88 Å². The molecule has 0 fully saturated rings. The third kappa shape index (κ3) is 3.93. The molecule has 0 amide bonds. The molecule has 0 saturated carbocycles. The van der Waals surface area contributed by atoms with Gasteiger partial charge in [-0.2, -0.15) is 0 Å². The number of carbonyl (C=O) groups is 1. The molecule has 0 bridgehead atoms. The molecule has 1 aliphatic heterocycles. The summed E-state index contributed by atoms with van der Waals surface area (Å²) >= 11 is 0. The number of fused-ring (bicyclic) bond motifs is 1. The lowest BCUT2D eigenvalue weighted by atomic mass is 10.0. The van der Waals surface area contributed by atoms with Crippen LogP contribution < -0.4 is 9.47 Å². The molecule has 5 nitrogen and oxygen atoms in total. The average Bonchev–Trinajstić information content (AvgIpc) is 2.61. The number of esters is 1. The topological polar surface area (TPSA) is 57.7 Å². The van der Waals surface area contributed by atoms with Crippen LogP contribution in [0.2, 0.25) is 0 Å². The zero-order valence-electron chi connectivity index (χ0n) is 13.5. The van der Waals surface area contributed by atoms with Crippen LogP contribution in [0.3, 0.4) is 0 Å². The van der Waals surface area contributed by atoms with Crippen LogP contribution in [0, 0.1) is 0 Å². The molecule has 0 aliphatic carbocycles. The largest absolute Gasteiger partial charge is 0.491 e. The molecular formula is C19H19NO4. The van der Waals surface area contributed by atoms with Crippen LogP contribution in [0.4, 0.5) is 0 Å². The van der Waals surface area contributed by atoms with Crippen LogP contribution in [-0.2, 0) is 16.1 Å². The molecule has 3 rings (SSSR count). The van der Waals surface area contributed by atoms with Gasteiger partial charge in [0.1, 0.15) is 12.4 Å². The van der Waals surface area contributed by atoms with Crippen LogP contribution in [0.15, 0.2) is 48.7 Å². The second-order valence-electron chi connectivity index (χ2n) is 5.31. The summed E-state index contributed by atoms with van der Waals surface area (Å²) in [6.45, 7) is 3.09. The molecule has 0 radical (unpaired) electrons. The fraction of sp³-hybridized carbons (Fsp3) is 0.263. The normalized spacial score (nSPS) is 14.6. The third-order valence-corrected chi connectivity index (χ3v) is 3.63. The highest BCUT2D eigenvalue weighted by atomic mass is 16.5. The zero-order valence-corrected chi connectivity index (χ0v) is 13.5. The minimum atomic E-state index is -0.344. The molecule has 5 heteroatoms. The maximum atomic E-state index is 11.7. The standard InChI is InChI=1S/C19H19NO4/c1-2-22-19(21)10-15-8-9-23-17-12-20-18(11-16(15)17)24-13-14-6-4-3-5-7-14/h3-7,10-12H,2,8-9,13H2,1H3. The molecule has 1 aromatic carbocycles. The Morgan fingerprint density at radius 1 is 1.33 bits per heavy atom. The van der Waals surface area contributed by atoms with E-state index in [9.17, 15) is 4.79 Å². The van der Waals surface area contributed by atoms with E-state index in [4.69, 9.17) is 14.2 Å². The van der Waals surface area contributed by atoms with E-state index in [1.165, 1.54) is 6.08 Å². The Hall–Kier alpha value is -2.82. The predicted octanol–water partition coefficient (Wildman–Crippen LogP) is 3.39. The van der Waals surface area contributed by atoms with Gasteiger partial charge in [-0.1, -0.05) is 30.3 Å². The summed E-state index contributed by atoms with van der Waals surface area (Å²) in [6, 6.07) is 11.7. The van der Waals surface area contributed by atoms with Crippen molar-refractivity contribution >= 4 is 11.5 Å². The number of ether oxygens (including phenoxy) is 3. The molecule has 1 aliphatic rings. The third-order valence-electron chi connectivity index (χ3n) is 3.63. The number of pyridine rings is 1. The molecule has 0 spiro atoms. The van der Waals surface area contributed by atoms with Crippen molar-refractivity contribution in [3.05, 3.63) is 59.8 Å². The van der Waals surface area contributed by atoms with Crippen molar-refractivity contribution in [1.82, 2.24) is 4.98 Å². The highest BCUT2D eigenvalue weighted by molar-refractivity contribution is 5.92. The molecule has 2 heterocycles. The smallest absolute Gasteiger partial charge is 0.331 e. The number of aromatic nitrogens is 1. The quantitative estimate of drug-likeness (QED) is 0.623. The minimum Gasteiger partial charge on any atom is -0.491 e. The van der Waals surface area contributed by atoms with E-state index in [1.807, 2.05) is 36.4 Å². The molecule has 1 aromatic heterocycles. The summed E-state index contributed by atoms with van der Waals surface area (Å²) in [7, 11) is 0. The number of rotatable bonds is 5. The summed E-state index contributed by atoms with van der Waals surface area (Å²) in [5.41, 5.74) is 2.77. The number of carbonyl (C=O) groups excluding carboxylic acids is 1. The van der Waals surface area contributed by atoms with Crippen molar-refractivity contribution in [2.45, 2.75) is 20.0 Å². The maximum Gasteiger partial charge on any atom is 0.331 e. The lowest BCUT2D eigenvalue weighted by Crippen LogP contribution is -2.11. The number of nitrogens with zero attached hydrogens (tertiary/aromatic N) is 1. The van der Waals surface area contributed by atoms with Gasteiger partial charge in [0.05, 0.1) is 19.4 Å². The van der Waals surface area contributed by atoms with E-state index >= 15 is 0 Å². The van der Waals surface area contributed by atoms with E-state index in [0.717, 1.165) is 16.7 Å². The fourth-order valence-electron chi connectivity index (χ4n) is 2.48. The monoisotopic (exact) mass is 325 g/mol. The first-order chi connectivity index (χ1) is 11.8. The maximum absolute atomic E-state index is 11.7. The van der Waals surface area contributed by atoms with Crippen molar-refractivity contribution in [2.24, 2.45) is 0 Å². The Balaban J connectivity index is 1.79. The summed E-state index contributed by atoms with van der Waals surface area (Å²) in [5.74, 6) is 0.811. The van der Waals surface area contributed by atoms with Gasteiger partial charge >= 0.3 is 5.97 Å². The van der Waals surface area contributed by atoms with Gasteiger partial charge in [-0.15, -0.1) is 0 Å². The number of hydrogen-bond acceptors (Lipinski definition) is 5. The van der Waals surface area contributed by atoms with Gasteiger partial charge in [-0.3, -0.25) is 0 Å². The summed E-state index contributed by atoms with van der Waals surface area (Å²) in [5, 5.41) is 0. The van der Waals surface area contributed by atoms with Crippen LogP contribution in [0.25, 0.3) is 5.57 Å². The van der Waals surface area contributed by atoms with Crippen molar-refractivity contribution < 1.29 is 19.0 Å². The fourth-order valence-corrected chi connectivity index (χ4v) is 2.48. The molecular weight excluding hydrogens is 306 g/mol. The summed E-state index contributed by atoms with van der Waals surface area (Å²) in [4.78, 5) is 16.0. The first-order valence-corrected chi connectivity index (χ1v) is 7.93. The van der Waals surface area contributed by atoms with Crippen molar-refractivity contribution in [2.75, 3.05) is 13.2 Å². The second kappa shape index (κ2) is 7.64. The molecule has 0 saturated heterocycles. The van der Waals surface area contributed by atoms with E-state index < -0.39 is 0 Å². The zero-order chi connectivity index (χ0) is 16.8. The van der Waals surface area contributed by atoms with E-state index in [2.05, 4.69) is 4.98 Å². The van der Waals surface area contributed by atoms with Crippen molar-refractivity contribution in [3.8, 4) is 11.6 Å². The van der Waals surface area contributed by atoms with E-state index in [0.29, 0.717) is 37.9 Å². The lowest BCUT2D eigenvalue weighted by molar-refractivity contribution is -0.137. The molecule has 24 heavy (non-hydrogen) atoms. The van der Waals surface area contributed by atoms with Gasteiger partial charge in [-0.05, 0) is 18.1 Å². The Bertz CT molecular complexity index is 740. The molecule has 0 atom stereocenters. The first kappa shape index (κ1) is 16.1. The SMILES string of the molecule is CCOC(=O)C=C1CCOc2cnc(OCc3ccccc3)cc21. The Morgan fingerprint density at radius 2 is 2.17 bits per heavy atom. The number of benzene rings is 1. The van der Waals surface area contributed by atoms with Gasteiger partial charge in [0.25, 0.3) is 0 Å². The van der Waals surface area contributed by atoms with Crippen LogP contribution >= 0.6 is 0 Å². The number of hydrogen-bond donors (Lipinski definition) is 0.